The summed E-state index contributed by atoms with van der Waals surface area (Å²) >= 11 is 0. The maximum absolute atomic E-state index is 11.0. The second kappa shape index (κ2) is 11.7. The molecular weight excluding hydrogens is 301 g/mol. The van der Waals surface area contributed by atoms with E-state index in [-0.39, 0.29) is 31.5 Å². The topological polar surface area (TPSA) is 59.0 Å². The summed E-state index contributed by atoms with van der Waals surface area (Å²) in [6, 6.07) is 10.2. The summed E-state index contributed by atoms with van der Waals surface area (Å²) in [5, 5.41) is 9.02. The van der Waals surface area contributed by atoms with Crippen molar-refractivity contribution in [2.75, 3.05) is 40.0 Å². The molecule has 6 heteroatoms. The van der Waals surface area contributed by atoms with Crippen LogP contribution in [0.5, 0.6) is 0 Å². The van der Waals surface area contributed by atoms with Gasteiger partial charge >= 0.3 is 24.8 Å². The first kappa shape index (κ1) is 21.2. The van der Waals surface area contributed by atoms with Gasteiger partial charge in [-0.1, -0.05) is 30.3 Å². The van der Waals surface area contributed by atoms with E-state index >= 15 is 0 Å². The van der Waals surface area contributed by atoms with Crippen LogP contribution in [0.1, 0.15) is 30.9 Å². The van der Waals surface area contributed by atoms with Crippen molar-refractivity contribution in [3.05, 3.63) is 35.9 Å². The van der Waals surface area contributed by atoms with Gasteiger partial charge in [0.1, 0.15) is 0 Å². The van der Waals surface area contributed by atoms with E-state index in [0.29, 0.717) is 19.1 Å². The van der Waals surface area contributed by atoms with Gasteiger partial charge in [0, 0.05) is 32.8 Å². The van der Waals surface area contributed by atoms with Crippen molar-refractivity contribution in [3.63, 3.8) is 0 Å². The van der Waals surface area contributed by atoms with Crippen LogP contribution in [0.2, 0.25) is 0 Å². The summed E-state index contributed by atoms with van der Waals surface area (Å²) in [6.07, 6.45) is 2.97. The standard InChI is InChI=1S/C18H27NO4.Li.H/c1-22-11-6-12-23-18(15-7-3-2-4-8-15)16-9-5-10-19(13-16)14-17(20)21;;/h2-4,7-8,16,18H,5-6,9-14H2,1H3,(H,20,21);;. The Morgan fingerprint density at radius 2 is 2.08 bits per heavy atom. The first-order chi connectivity index (χ1) is 11.2. The first-order valence-corrected chi connectivity index (χ1v) is 8.30. The number of aliphatic carboxylic acids is 1. The molecule has 0 aliphatic carbocycles. The Balaban J connectivity index is 0.00000288. The summed E-state index contributed by atoms with van der Waals surface area (Å²) in [6.45, 7) is 3.09. The molecule has 1 aromatic carbocycles. The minimum atomic E-state index is -0.761. The molecule has 0 aromatic heterocycles. The molecule has 2 rings (SSSR count). The molecule has 1 heterocycles. The van der Waals surface area contributed by atoms with Crippen molar-refractivity contribution in [1.82, 2.24) is 4.90 Å². The van der Waals surface area contributed by atoms with Gasteiger partial charge in [-0.25, -0.2) is 0 Å². The number of nitrogens with zero attached hydrogens (tertiary/aromatic N) is 1. The number of ether oxygens (including phenoxy) is 2. The summed E-state index contributed by atoms with van der Waals surface area (Å²) in [5.74, 6) is -0.434. The zero-order valence-corrected chi connectivity index (χ0v) is 13.8. The average molecular weight is 329 g/mol. The van der Waals surface area contributed by atoms with Crippen LogP contribution in [0.4, 0.5) is 0 Å². The number of rotatable bonds is 9. The van der Waals surface area contributed by atoms with Gasteiger partial charge in [-0.2, -0.15) is 0 Å². The molecule has 1 fully saturated rings. The van der Waals surface area contributed by atoms with E-state index in [1.807, 2.05) is 23.1 Å². The summed E-state index contributed by atoms with van der Waals surface area (Å²) in [7, 11) is 1.69. The number of methoxy groups -OCH3 is 1. The summed E-state index contributed by atoms with van der Waals surface area (Å²) in [5.41, 5.74) is 1.17. The third-order valence-electron chi connectivity index (χ3n) is 4.25. The van der Waals surface area contributed by atoms with Crippen LogP contribution in [0.25, 0.3) is 0 Å². The van der Waals surface area contributed by atoms with Crippen molar-refractivity contribution in [3.8, 4) is 0 Å². The molecule has 1 N–H and O–H groups in total. The molecule has 1 aliphatic rings. The van der Waals surface area contributed by atoms with Crippen LogP contribution in [0.3, 0.4) is 0 Å². The van der Waals surface area contributed by atoms with Gasteiger partial charge in [-0.15, -0.1) is 0 Å². The monoisotopic (exact) mass is 329 g/mol. The molecule has 2 atom stereocenters. The fourth-order valence-corrected chi connectivity index (χ4v) is 3.23. The molecule has 24 heavy (non-hydrogen) atoms. The third kappa shape index (κ3) is 6.96. The molecule has 0 spiro atoms. The fraction of sp³-hybridized carbons (Fsp3) is 0.611. The van der Waals surface area contributed by atoms with Gasteiger partial charge in [-0.3, -0.25) is 9.69 Å². The Kier molecular flexibility index (Phi) is 10.3. The van der Waals surface area contributed by atoms with Crippen molar-refractivity contribution in [2.45, 2.75) is 25.4 Å². The van der Waals surface area contributed by atoms with Gasteiger partial charge in [0.25, 0.3) is 0 Å². The Morgan fingerprint density at radius 1 is 1.33 bits per heavy atom. The zero-order chi connectivity index (χ0) is 16.5. The van der Waals surface area contributed by atoms with E-state index in [0.717, 1.165) is 32.4 Å². The van der Waals surface area contributed by atoms with E-state index in [2.05, 4.69) is 12.1 Å². The molecule has 130 valence electrons. The second-order valence-corrected chi connectivity index (χ2v) is 6.08. The number of benzene rings is 1. The SMILES string of the molecule is COCCCOC(c1ccccc1)C1CCCN(CC(=O)O)C1.[LiH]. The van der Waals surface area contributed by atoms with Crippen LogP contribution in [-0.2, 0) is 14.3 Å². The predicted octanol–water partition coefficient (Wildman–Crippen LogP) is 1.93. The zero-order valence-electron chi connectivity index (χ0n) is 13.8. The molecule has 0 radical (unpaired) electrons. The normalized spacial score (nSPS) is 19.5. The van der Waals surface area contributed by atoms with Gasteiger partial charge in [-0.05, 0) is 31.4 Å². The molecule has 5 nitrogen and oxygen atoms in total. The molecule has 1 saturated heterocycles. The second-order valence-electron chi connectivity index (χ2n) is 6.08. The quantitative estimate of drug-likeness (QED) is 0.554. The number of hydrogen-bond donors (Lipinski definition) is 1. The number of hydrogen-bond acceptors (Lipinski definition) is 4. The van der Waals surface area contributed by atoms with Crippen molar-refractivity contribution in [1.29, 1.82) is 0 Å². The Labute approximate surface area is 156 Å². The number of carbonyl (C=O) groups is 1. The number of carboxylic acid groups (broad SMARTS) is 1. The van der Waals surface area contributed by atoms with Gasteiger partial charge in [0.15, 0.2) is 0 Å². The van der Waals surface area contributed by atoms with E-state index in [1.165, 1.54) is 5.56 Å². The molecule has 1 aromatic rings. The fourth-order valence-electron chi connectivity index (χ4n) is 3.23. The minimum absolute atomic E-state index is 0. The molecule has 0 saturated carbocycles. The van der Waals surface area contributed by atoms with Crippen LogP contribution in [0.15, 0.2) is 30.3 Å². The third-order valence-corrected chi connectivity index (χ3v) is 4.25. The molecule has 0 bridgehead atoms. The van der Waals surface area contributed by atoms with Crippen molar-refractivity contribution in [2.24, 2.45) is 5.92 Å². The number of likely N-dealkylation sites (tertiary alicyclic amines) is 1. The maximum atomic E-state index is 11.0. The van der Waals surface area contributed by atoms with Gasteiger partial charge < -0.3 is 14.6 Å². The Hall–Kier alpha value is -0.833. The average Bonchev–Trinajstić information content (AvgIpc) is 2.55. The van der Waals surface area contributed by atoms with Crippen LogP contribution in [-0.4, -0.2) is 74.8 Å². The van der Waals surface area contributed by atoms with Crippen LogP contribution in [0, 0.1) is 5.92 Å². The predicted molar refractivity (Wildman–Crippen MR) is 95.6 cm³/mol. The number of carboxylic acids is 1. The van der Waals surface area contributed by atoms with E-state index in [9.17, 15) is 4.79 Å². The van der Waals surface area contributed by atoms with E-state index in [1.54, 1.807) is 7.11 Å². The van der Waals surface area contributed by atoms with Crippen LogP contribution < -0.4 is 0 Å². The summed E-state index contributed by atoms with van der Waals surface area (Å²) in [4.78, 5) is 13.0. The van der Waals surface area contributed by atoms with Crippen LogP contribution >= 0.6 is 0 Å². The van der Waals surface area contributed by atoms with Crippen molar-refractivity contribution < 1.29 is 19.4 Å². The molecule has 0 amide bonds. The summed E-state index contributed by atoms with van der Waals surface area (Å²) < 4.78 is 11.3. The Bertz CT molecular complexity index is 471. The Morgan fingerprint density at radius 3 is 2.75 bits per heavy atom. The van der Waals surface area contributed by atoms with E-state index < -0.39 is 5.97 Å². The van der Waals surface area contributed by atoms with E-state index in [4.69, 9.17) is 14.6 Å². The molecule has 2 unspecified atom stereocenters. The van der Waals surface area contributed by atoms with Gasteiger partial charge in [0.2, 0.25) is 0 Å². The number of piperidine rings is 1. The molecular formula is C18H28LiNO4. The van der Waals surface area contributed by atoms with Crippen molar-refractivity contribution >= 4 is 24.8 Å². The van der Waals surface area contributed by atoms with Gasteiger partial charge in [0.05, 0.1) is 12.6 Å². The molecule has 1 aliphatic heterocycles. The first-order valence-electron chi connectivity index (χ1n) is 8.30.